The summed E-state index contributed by atoms with van der Waals surface area (Å²) in [6.45, 7) is 1.76. The van der Waals surface area contributed by atoms with Gasteiger partial charge >= 0.3 is 0 Å². The topological polar surface area (TPSA) is 86.5 Å². The second kappa shape index (κ2) is 11.0. The Morgan fingerprint density at radius 2 is 1.90 bits per heavy atom. The maximum absolute atomic E-state index is 12.0. The third kappa shape index (κ3) is 6.73. The van der Waals surface area contributed by atoms with Gasteiger partial charge < -0.3 is 19.3 Å². The highest BCUT2D eigenvalue weighted by molar-refractivity contribution is 5.75. The Kier molecular flexibility index (Phi) is 7.77. The zero-order chi connectivity index (χ0) is 20.3. The minimum Gasteiger partial charge on any atom is -0.497 e. The molecule has 0 aliphatic heterocycles. The summed E-state index contributed by atoms with van der Waals surface area (Å²) in [5, 5.41) is 6.85. The van der Waals surface area contributed by atoms with E-state index in [2.05, 4.69) is 15.5 Å². The molecular formula is C22H25N3O4. The van der Waals surface area contributed by atoms with Gasteiger partial charge in [0.2, 0.25) is 17.6 Å². The minimum absolute atomic E-state index is 0.0442. The highest BCUT2D eigenvalue weighted by Crippen LogP contribution is 2.19. The summed E-state index contributed by atoms with van der Waals surface area (Å²) < 4.78 is 16.0. The normalized spacial score (nSPS) is 10.7. The van der Waals surface area contributed by atoms with Crippen molar-refractivity contribution >= 4 is 5.91 Å². The van der Waals surface area contributed by atoms with Gasteiger partial charge in [-0.25, -0.2) is 0 Å². The third-order valence-corrected chi connectivity index (χ3v) is 4.28. The van der Waals surface area contributed by atoms with Gasteiger partial charge in [0, 0.05) is 31.6 Å². The van der Waals surface area contributed by atoms with Gasteiger partial charge in [-0.3, -0.25) is 4.79 Å². The molecule has 0 atom stereocenters. The number of rotatable bonds is 11. The predicted molar refractivity (Wildman–Crippen MR) is 108 cm³/mol. The van der Waals surface area contributed by atoms with Crippen LogP contribution in [0.15, 0.2) is 59.1 Å². The monoisotopic (exact) mass is 395 g/mol. The molecule has 1 heterocycles. The van der Waals surface area contributed by atoms with Gasteiger partial charge in [0.15, 0.2) is 0 Å². The van der Waals surface area contributed by atoms with E-state index in [4.69, 9.17) is 14.0 Å². The number of carbonyl (C=O) groups excluding carboxylic acids is 1. The molecule has 7 nitrogen and oxygen atoms in total. The van der Waals surface area contributed by atoms with Crippen molar-refractivity contribution in [2.45, 2.75) is 25.9 Å². The first-order valence-electron chi connectivity index (χ1n) is 9.60. The molecule has 0 radical (unpaired) electrons. The van der Waals surface area contributed by atoms with Gasteiger partial charge in [-0.05, 0) is 36.2 Å². The van der Waals surface area contributed by atoms with E-state index in [-0.39, 0.29) is 5.91 Å². The van der Waals surface area contributed by atoms with E-state index in [1.165, 1.54) is 0 Å². The van der Waals surface area contributed by atoms with Gasteiger partial charge in [0.05, 0.1) is 13.7 Å². The van der Waals surface area contributed by atoms with Crippen LogP contribution in [0.25, 0.3) is 11.4 Å². The molecule has 1 amide bonds. The SMILES string of the molecule is COc1ccc(-c2noc(CCC(=O)NCCCOCc3ccccc3)n2)cc1. The van der Waals surface area contributed by atoms with Crippen LogP contribution in [0.3, 0.4) is 0 Å². The van der Waals surface area contributed by atoms with E-state index in [0.29, 0.717) is 44.3 Å². The van der Waals surface area contributed by atoms with Crippen LogP contribution >= 0.6 is 0 Å². The number of nitrogens with zero attached hydrogens (tertiary/aromatic N) is 2. The first kappa shape index (κ1) is 20.5. The Balaban J connectivity index is 1.31. The number of hydrogen-bond acceptors (Lipinski definition) is 6. The summed E-state index contributed by atoms with van der Waals surface area (Å²) in [4.78, 5) is 16.3. The number of carbonyl (C=O) groups is 1. The molecule has 0 aliphatic rings. The van der Waals surface area contributed by atoms with Crippen LogP contribution in [0.4, 0.5) is 0 Å². The number of amides is 1. The zero-order valence-corrected chi connectivity index (χ0v) is 16.5. The number of hydrogen-bond donors (Lipinski definition) is 1. The first-order valence-corrected chi connectivity index (χ1v) is 9.60. The van der Waals surface area contributed by atoms with Gasteiger partial charge in [-0.15, -0.1) is 0 Å². The van der Waals surface area contributed by atoms with E-state index in [1.807, 2.05) is 54.6 Å². The van der Waals surface area contributed by atoms with E-state index in [1.54, 1.807) is 7.11 Å². The second-order valence-corrected chi connectivity index (χ2v) is 6.48. The fourth-order valence-corrected chi connectivity index (χ4v) is 2.69. The molecule has 1 N–H and O–H groups in total. The van der Waals surface area contributed by atoms with Crippen molar-refractivity contribution in [3.8, 4) is 17.1 Å². The lowest BCUT2D eigenvalue weighted by molar-refractivity contribution is -0.121. The first-order chi connectivity index (χ1) is 14.2. The molecular weight excluding hydrogens is 370 g/mol. The minimum atomic E-state index is -0.0442. The molecule has 0 unspecified atom stereocenters. The number of nitrogens with one attached hydrogen (secondary N) is 1. The quantitative estimate of drug-likeness (QED) is 0.501. The maximum Gasteiger partial charge on any atom is 0.227 e. The Morgan fingerprint density at radius 3 is 2.66 bits per heavy atom. The van der Waals surface area contributed by atoms with Crippen molar-refractivity contribution in [3.05, 3.63) is 66.1 Å². The number of ether oxygens (including phenoxy) is 2. The van der Waals surface area contributed by atoms with Crippen molar-refractivity contribution < 1.29 is 18.8 Å². The van der Waals surface area contributed by atoms with Crippen LogP contribution in [0.1, 0.15) is 24.3 Å². The Bertz CT molecular complexity index is 879. The van der Waals surface area contributed by atoms with E-state index < -0.39 is 0 Å². The fourth-order valence-electron chi connectivity index (χ4n) is 2.69. The molecule has 29 heavy (non-hydrogen) atoms. The smallest absolute Gasteiger partial charge is 0.227 e. The number of methoxy groups -OCH3 is 1. The van der Waals surface area contributed by atoms with Crippen molar-refractivity contribution in [3.63, 3.8) is 0 Å². The molecule has 0 spiro atoms. The van der Waals surface area contributed by atoms with Gasteiger partial charge in [-0.2, -0.15) is 4.98 Å². The lowest BCUT2D eigenvalue weighted by Gasteiger charge is -2.06. The maximum atomic E-state index is 12.0. The molecule has 0 saturated heterocycles. The number of aromatic nitrogens is 2. The van der Waals surface area contributed by atoms with Crippen LogP contribution < -0.4 is 10.1 Å². The van der Waals surface area contributed by atoms with Crippen molar-refractivity contribution in [2.75, 3.05) is 20.3 Å². The van der Waals surface area contributed by atoms with E-state index in [9.17, 15) is 4.79 Å². The molecule has 0 bridgehead atoms. The molecule has 0 aliphatic carbocycles. The average molecular weight is 395 g/mol. The molecule has 3 rings (SSSR count). The van der Waals surface area contributed by atoms with E-state index in [0.717, 1.165) is 23.3 Å². The predicted octanol–water partition coefficient (Wildman–Crippen LogP) is 3.40. The highest BCUT2D eigenvalue weighted by Gasteiger charge is 2.10. The van der Waals surface area contributed by atoms with Gasteiger partial charge in [0.25, 0.3) is 0 Å². The molecule has 152 valence electrons. The van der Waals surface area contributed by atoms with Crippen molar-refractivity contribution in [1.82, 2.24) is 15.5 Å². The van der Waals surface area contributed by atoms with Crippen LogP contribution in [0.2, 0.25) is 0 Å². The summed E-state index contributed by atoms with van der Waals surface area (Å²) in [5.74, 6) is 1.66. The summed E-state index contributed by atoms with van der Waals surface area (Å²) in [7, 11) is 1.62. The highest BCUT2D eigenvalue weighted by atomic mass is 16.5. The lowest BCUT2D eigenvalue weighted by atomic mass is 10.2. The van der Waals surface area contributed by atoms with Crippen molar-refractivity contribution in [2.24, 2.45) is 0 Å². The number of aryl methyl sites for hydroxylation is 1. The fraction of sp³-hybridized carbons (Fsp3) is 0.318. The average Bonchev–Trinajstić information content (AvgIpc) is 3.24. The summed E-state index contributed by atoms with van der Waals surface area (Å²) in [6, 6.07) is 17.4. The Hall–Kier alpha value is -3.19. The molecule has 0 fully saturated rings. The molecule has 1 aromatic heterocycles. The number of benzene rings is 2. The molecule has 7 heteroatoms. The summed E-state index contributed by atoms with van der Waals surface area (Å²) in [6.07, 6.45) is 1.47. The van der Waals surface area contributed by atoms with Crippen LogP contribution in [-0.4, -0.2) is 36.3 Å². The van der Waals surface area contributed by atoms with Gasteiger partial charge in [0.1, 0.15) is 5.75 Å². The van der Waals surface area contributed by atoms with E-state index >= 15 is 0 Å². The standard InChI is InChI=1S/C22H25N3O4/c1-27-19-10-8-18(9-11-19)22-24-21(29-25-22)13-12-20(26)23-14-5-15-28-16-17-6-3-2-4-7-17/h2-4,6-11H,5,12-16H2,1H3,(H,23,26). The van der Waals surface area contributed by atoms with Crippen LogP contribution in [0, 0.1) is 0 Å². The second-order valence-electron chi connectivity index (χ2n) is 6.48. The molecule has 0 saturated carbocycles. The van der Waals surface area contributed by atoms with Crippen LogP contribution in [0.5, 0.6) is 5.75 Å². The summed E-state index contributed by atoms with van der Waals surface area (Å²) >= 11 is 0. The van der Waals surface area contributed by atoms with Crippen LogP contribution in [-0.2, 0) is 22.6 Å². The lowest BCUT2D eigenvalue weighted by Crippen LogP contribution is -2.25. The van der Waals surface area contributed by atoms with Crippen molar-refractivity contribution in [1.29, 1.82) is 0 Å². The third-order valence-electron chi connectivity index (χ3n) is 4.28. The largest absolute Gasteiger partial charge is 0.497 e. The van der Waals surface area contributed by atoms with Gasteiger partial charge in [-0.1, -0.05) is 35.5 Å². The summed E-state index contributed by atoms with van der Waals surface area (Å²) in [5.41, 5.74) is 1.98. The Labute approximate surface area is 170 Å². The molecule has 2 aromatic carbocycles. The Morgan fingerprint density at radius 1 is 1.10 bits per heavy atom. The zero-order valence-electron chi connectivity index (χ0n) is 16.5. The molecule has 3 aromatic rings.